The Morgan fingerprint density at radius 2 is 1.82 bits per heavy atom. The lowest BCUT2D eigenvalue weighted by molar-refractivity contribution is 0.471. The third-order valence-electron chi connectivity index (χ3n) is 3.87. The average Bonchev–Trinajstić information content (AvgIpc) is 3.04. The van der Waals surface area contributed by atoms with Gasteiger partial charge >= 0.3 is 6.01 Å². The van der Waals surface area contributed by atoms with Crippen LogP contribution in [0.5, 0.6) is 0 Å². The first-order valence-electron chi connectivity index (χ1n) is 7.93. The molecular weight excluding hydrogens is 280 g/mol. The number of rotatable bonds is 5. The van der Waals surface area contributed by atoms with E-state index in [4.69, 9.17) is 4.42 Å². The number of anilines is 2. The van der Waals surface area contributed by atoms with E-state index in [0.29, 0.717) is 6.01 Å². The van der Waals surface area contributed by atoms with Gasteiger partial charge in [-0.3, -0.25) is 0 Å². The van der Waals surface area contributed by atoms with Crippen molar-refractivity contribution in [2.24, 2.45) is 0 Å². The topological polar surface area (TPSA) is 71.2 Å². The van der Waals surface area contributed by atoms with Crippen LogP contribution in [-0.2, 0) is 12.8 Å². The molecule has 0 amide bonds. The molecular formula is C15H22N6O. The van der Waals surface area contributed by atoms with Gasteiger partial charge < -0.3 is 14.2 Å². The van der Waals surface area contributed by atoms with Crippen LogP contribution < -0.4 is 9.80 Å². The Hall–Kier alpha value is -2.18. The molecule has 0 saturated carbocycles. The van der Waals surface area contributed by atoms with E-state index in [1.54, 1.807) is 6.33 Å². The first-order valence-corrected chi connectivity index (χ1v) is 7.93. The molecule has 0 radical (unpaired) electrons. The van der Waals surface area contributed by atoms with Gasteiger partial charge in [0.2, 0.25) is 5.89 Å². The molecule has 1 saturated heterocycles. The van der Waals surface area contributed by atoms with Gasteiger partial charge in [0.25, 0.3) is 0 Å². The molecule has 7 nitrogen and oxygen atoms in total. The smallest absolute Gasteiger partial charge is 0.318 e. The van der Waals surface area contributed by atoms with E-state index in [0.717, 1.165) is 62.8 Å². The molecule has 1 aliphatic rings. The van der Waals surface area contributed by atoms with Gasteiger partial charge in [-0.2, -0.15) is 0 Å². The molecule has 0 bridgehead atoms. The fourth-order valence-corrected chi connectivity index (χ4v) is 2.57. The summed E-state index contributed by atoms with van der Waals surface area (Å²) < 4.78 is 5.70. The summed E-state index contributed by atoms with van der Waals surface area (Å²) in [5, 5.41) is 8.24. The minimum Gasteiger partial charge on any atom is -0.408 e. The van der Waals surface area contributed by atoms with Gasteiger partial charge in [0.15, 0.2) is 0 Å². The standard InChI is InChI=1S/C15H22N6O/c1-3-5-14-18-19-15(22-14)21-8-6-20(7-9-21)13-10-12(4-2)16-11-17-13/h10-11H,3-9H2,1-2H3. The monoisotopic (exact) mass is 302 g/mol. The van der Waals surface area contributed by atoms with Gasteiger partial charge in [0, 0.05) is 44.4 Å². The molecule has 118 valence electrons. The van der Waals surface area contributed by atoms with Crippen LogP contribution in [0.4, 0.5) is 11.8 Å². The largest absolute Gasteiger partial charge is 0.408 e. The van der Waals surface area contributed by atoms with Gasteiger partial charge in [-0.25, -0.2) is 9.97 Å². The van der Waals surface area contributed by atoms with Crippen LogP contribution in [0.15, 0.2) is 16.8 Å². The van der Waals surface area contributed by atoms with Crippen molar-refractivity contribution in [1.29, 1.82) is 0 Å². The SMILES string of the molecule is CCCc1nnc(N2CCN(c3cc(CC)ncn3)CC2)o1. The third-order valence-corrected chi connectivity index (χ3v) is 3.87. The van der Waals surface area contributed by atoms with Crippen molar-refractivity contribution < 1.29 is 4.42 Å². The molecule has 0 aromatic carbocycles. The van der Waals surface area contributed by atoms with Crippen LogP contribution >= 0.6 is 0 Å². The molecule has 3 rings (SSSR count). The van der Waals surface area contributed by atoms with Crippen LogP contribution in [0.25, 0.3) is 0 Å². The van der Waals surface area contributed by atoms with Crippen molar-refractivity contribution in [2.75, 3.05) is 36.0 Å². The summed E-state index contributed by atoms with van der Waals surface area (Å²) in [6.07, 6.45) is 4.43. The van der Waals surface area contributed by atoms with E-state index in [9.17, 15) is 0 Å². The lowest BCUT2D eigenvalue weighted by atomic mass is 10.3. The Bertz CT molecular complexity index is 606. The molecule has 0 aliphatic carbocycles. The van der Waals surface area contributed by atoms with E-state index in [-0.39, 0.29) is 0 Å². The predicted molar refractivity (Wildman–Crippen MR) is 84.1 cm³/mol. The Labute approximate surface area is 130 Å². The lowest BCUT2D eigenvalue weighted by Crippen LogP contribution is -2.47. The van der Waals surface area contributed by atoms with Crippen LogP contribution in [0.3, 0.4) is 0 Å². The van der Waals surface area contributed by atoms with Crippen molar-refractivity contribution in [1.82, 2.24) is 20.2 Å². The third kappa shape index (κ3) is 3.18. The second-order valence-electron chi connectivity index (χ2n) is 5.42. The minimum absolute atomic E-state index is 0.639. The summed E-state index contributed by atoms with van der Waals surface area (Å²) in [5.74, 6) is 1.73. The van der Waals surface area contributed by atoms with Gasteiger partial charge in [0.05, 0.1) is 0 Å². The van der Waals surface area contributed by atoms with Crippen LogP contribution in [0.1, 0.15) is 31.9 Å². The molecule has 0 unspecified atom stereocenters. The minimum atomic E-state index is 0.639. The van der Waals surface area contributed by atoms with Gasteiger partial charge in [-0.15, -0.1) is 5.10 Å². The van der Waals surface area contributed by atoms with Crippen molar-refractivity contribution in [2.45, 2.75) is 33.1 Å². The van der Waals surface area contributed by atoms with Crippen molar-refractivity contribution in [3.63, 3.8) is 0 Å². The number of aromatic nitrogens is 4. The second-order valence-corrected chi connectivity index (χ2v) is 5.42. The molecule has 1 fully saturated rings. The molecule has 0 atom stereocenters. The first-order chi connectivity index (χ1) is 10.8. The zero-order valence-electron chi connectivity index (χ0n) is 13.2. The Morgan fingerprint density at radius 1 is 1.05 bits per heavy atom. The van der Waals surface area contributed by atoms with Crippen LogP contribution in [0.2, 0.25) is 0 Å². The molecule has 2 aromatic rings. The van der Waals surface area contributed by atoms with E-state index < -0.39 is 0 Å². The molecule has 22 heavy (non-hydrogen) atoms. The Morgan fingerprint density at radius 3 is 2.55 bits per heavy atom. The highest BCUT2D eigenvalue weighted by molar-refractivity contribution is 5.42. The molecule has 7 heteroatoms. The molecule has 1 aliphatic heterocycles. The quantitative estimate of drug-likeness (QED) is 0.832. The molecule has 2 aromatic heterocycles. The van der Waals surface area contributed by atoms with Crippen LogP contribution in [0, 0.1) is 0 Å². The van der Waals surface area contributed by atoms with Gasteiger partial charge in [-0.05, 0) is 12.8 Å². The Kier molecular flexibility index (Phi) is 4.50. The maximum absolute atomic E-state index is 5.70. The molecule has 0 spiro atoms. The summed E-state index contributed by atoms with van der Waals surface area (Å²) in [6.45, 7) is 7.72. The van der Waals surface area contributed by atoms with E-state index in [2.05, 4.69) is 49.9 Å². The normalized spacial score (nSPS) is 15.4. The zero-order valence-corrected chi connectivity index (χ0v) is 13.2. The summed E-state index contributed by atoms with van der Waals surface area (Å²) in [7, 11) is 0. The maximum Gasteiger partial charge on any atom is 0.318 e. The zero-order chi connectivity index (χ0) is 15.4. The molecule has 0 N–H and O–H groups in total. The number of aryl methyl sites for hydroxylation is 2. The summed E-state index contributed by atoms with van der Waals surface area (Å²) in [6, 6.07) is 2.71. The van der Waals surface area contributed by atoms with E-state index in [1.807, 2.05) is 0 Å². The number of nitrogens with zero attached hydrogens (tertiary/aromatic N) is 6. The van der Waals surface area contributed by atoms with Crippen LogP contribution in [-0.4, -0.2) is 46.3 Å². The fourth-order valence-electron chi connectivity index (χ4n) is 2.57. The highest BCUT2D eigenvalue weighted by Gasteiger charge is 2.22. The number of hydrogen-bond acceptors (Lipinski definition) is 7. The van der Waals surface area contributed by atoms with Crippen molar-refractivity contribution in [3.05, 3.63) is 24.0 Å². The average molecular weight is 302 g/mol. The van der Waals surface area contributed by atoms with Crippen molar-refractivity contribution >= 4 is 11.8 Å². The van der Waals surface area contributed by atoms with Gasteiger partial charge in [0.1, 0.15) is 12.1 Å². The predicted octanol–water partition coefficient (Wildman–Crippen LogP) is 1.70. The highest BCUT2D eigenvalue weighted by atomic mass is 16.4. The van der Waals surface area contributed by atoms with Crippen molar-refractivity contribution in [3.8, 4) is 0 Å². The lowest BCUT2D eigenvalue weighted by Gasteiger charge is -2.34. The van der Waals surface area contributed by atoms with E-state index in [1.165, 1.54) is 0 Å². The first kappa shape index (κ1) is 14.7. The summed E-state index contributed by atoms with van der Waals surface area (Å²) >= 11 is 0. The summed E-state index contributed by atoms with van der Waals surface area (Å²) in [4.78, 5) is 13.1. The summed E-state index contributed by atoms with van der Waals surface area (Å²) in [5.41, 5.74) is 1.08. The Balaban J connectivity index is 1.61. The van der Waals surface area contributed by atoms with E-state index >= 15 is 0 Å². The fraction of sp³-hybridized carbons (Fsp3) is 0.600. The number of piperazine rings is 1. The number of hydrogen-bond donors (Lipinski definition) is 0. The molecule has 3 heterocycles. The maximum atomic E-state index is 5.70. The second kappa shape index (κ2) is 6.72. The van der Waals surface area contributed by atoms with Gasteiger partial charge in [-0.1, -0.05) is 18.9 Å². The highest BCUT2D eigenvalue weighted by Crippen LogP contribution is 2.19.